The molecular weight excluding hydrogens is 277 g/mol. The molecule has 2 heterocycles. The van der Waals surface area contributed by atoms with E-state index in [1.165, 1.54) is 11.3 Å². The summed E-state index contributed by atoms with van der Waals surface area (Å²) in [4.78, 5) is 12.0. The van der Waals surface area contributed by atoms with Crippen molar-refractivity contribution in [2.45, 2.75) is 0 Å². The molecule has 0 aliphatic carbocycles. The van der Waals surface area contributed by atoms with Crippen molar-refractivity contribution >= 4 is 35.7 Å². The molecule has 4 nitrogen and oxygen atoms in total. The molecule has 0 N–H and O–H groups in total. The van der Waals surface area contributed by atoms with E-state index in [9.17, 15) is 4.79 Å². The quantitative estimate of drug-likeness (QED) is 0.623. The molecule has 0 aliphatic rings. The summed E-state index contributed by atoms with van der Waals surface area (Å²) < 4.78 is 2.83. The number of nitrogens with zero attached hydrogens (tertiary/aromatic N) is 3. The van der Waals surface area contributed by atoms with Crippen LogP contribution in [0.2, 0.25) is 0 Å². The van der Waals surface area contributed by atoms with Crippen LogP contribution in [0.4, 0.5) is 0 Å². The van der Waals surface area contributed by atoms with Crippen LogP contribution in [0.3, 0.4) is 0 Å². The van der Waals surface area contributed by atoms with Crippen molar-refractivity contribution in [2.75, 3.05) is 0 Å². The molecule has 0 saturated carbocycles. The molecule has 0 amide bonds. The van der Waals surface area contributed by atoms with Gasteiger partial charge >= 0.3 is 94.7 Å². The van der Waals surface area contributed by atoms with Gasteiger partial charge in [-0.1, -0.05) is 0 Å². The standard InChI is InChI=1S/C9H5N3OSSe/c13-8-6-3-1-2-4-7(6)15-12(8)9-11-10-5-14-9/h1-5H. The molecule has 3 aromatic rings. The molecular formula is C9H5N3OSSe. The summed E-state index contributed by atoms with van der Waals surface area (Å²) in [6, 6.07) is 7.70. The summed E-state index contributed by atoms with van der Waals surface area (Å²) in [6.45, 7) is 0. The fourth-order valence-electron chi connectivity index (χ4n) is 1.35. The van der Waals surface area contributed by atoms with Crippen molar-refractivity contribution in [3.05, 3.63) is 40.1 Å². The molecule has 0 unspecified atom stereocenters. The first-order chi connectivity index (χ1) is 7.36. The summed E-state index contributed by atoms with van der Waals surface area (Å²) >= 11 is 1.40. The Balaban J connectivity index is 2.38. The van der Waals surface area contributed by atoms with Crippen molar-refractivity contribution in [1.82, 2.24) is 13.8 Å². The van der Waals surface area contributed by atoms with Crippen LogP contribution < -0.4 is 5.56 Å². The minimum atomic E-state index is 0.00715. The van der Waals surface area contributed by atoms with Crippen LogP contribution >= 0.6 is 11.3 Å². The second kappa shape index (κ2) is 3.41. The second-order valence-electron chi connectivity index (χ2n) is 2.91. The Labute approximate surface area is 94.8 Å². The fourth-order valence-corrected chi connectivity index (χ4v) is 4.14. The van der Waals surface area contributed by atoms with Gasteiger partial charge in [-0.3, -0.25) is 0 Å². The van der Waals surface area contributed by atoms with Gasteiger partial charge in [0.2, 0.25) is 0 Å². The molecule has 1 aromatic carbocycles. The molecule has 15 heavy (non-hydrogen) atoms. The minimum absolute atomic E-state index is 0.00715. The molecule has 0 saturated heterocycles. The first kappa shape index (κ1) is 9.03. The van der Waals surface area contributed by atoms with Gasteiger partial charge in [0, 0.05) is 0 Å². The van der Waals surface area contributed by atoms with E-state index in [1.807, 2.05) is 24.3 Å². The summed E-state index contributed by atoms with van der Waals surface area (Å²) in [7, 11) is 0. The van der Waals surface area contributed by atoms with Crippen LogP contribution in [0.1, 0.15) is 0 Å². The van der Waals surface area contributed by atoms with E-state index in [2.05, 4.69) is 10.2 Å². The molecule has 0 atom stereocenters. The zero-order chi connectivity index (χ0) is 10.3. The molecule has 0 spiro atoms. The average molecular weight is 282 g/mol. The predicted molar refractivity (Wildman–Crippen MR) is 60.0 cm³/mol. The van der Waals surface area contributed by atoms with Crippen molar-refractivity contribution < 1.29 is 0 Å². The molecule has 6 heteroatoms. The first-order valence-corrected chi connectivity index (χ1v) is 6.74. The number of hydrogen-bond donors (Lipinski definition) is 0. The number of hydrogen-bond acceptors (Lipinski definition) is 4. The van der Waals surface area contributed by atoms with Crippen LogP contribution in [-0.2, 0) is 0 Å². The number of aromatic nitrogens is 3. The summed E-state index contributed by atoms with van der Waals surface area (Å²) in [5, 5.41) is 9.16. The predicted octanol–water partition coefficient (Wildman–Crippen LogP) is 0.899. The molecule has 3 rings (SSSR count). The molecule has 0 aliphatic heterocycles. The van der Waals surface area contributed by atoms with E-state index in [1.54, 1.807) is 9.07 Å². The Morgan fingerprint density at radius 2 is 2.20 bits per heavy atom. The monoisotopic (exact) mass is 283 g/mol. The van der Waals surface area contributed by atoms with Gasteiger partial charge < -0.3 is 0 Å². The van der Waals surface area contributed by atoms with Crippen LogP contribution in [0, 0.1) is 0 Å². The van der Waals surface area contributed by atoms with Crippen LogP contribution in [0.5, 0.6) is 0 Å². The van der Waals surface area contributed by atoms with E-state index in [0.717, 1.165) is 9.65 Å². The van der Waals surface area contributed by atoms with Crippen molar-refractivity contribution in [3.8, 4) is 5.13 Å². The van der Waals surface area contributed by atoms with E-state index >= 15 is 0 Å². The Kier molecular flexibility index (Phi) is 2.05. The summed E-state index contributed by atoms with van der Waals surface area (Å²) in [5.41, 5.74) is 1.68. The SMILES string of the molecule is O=c1c2ccccc2[se]n1-c1nncs1. The van der Waals surface area contributed by atoms with Crippen molar-refractivity contribution in [1.29, 1.82) is 0 Å². The van der Waals surface area contributed by atoms with Crippen LogP contribution in [0.25, 0.3) is 14.8 Å². The van der Waals surface area contributed by atoms with Gasteiger partial charge in [-0.2, -0.15) is 0 Å². The fraction of sp³-hybridized carbons (Fsp3) is 0. The first-order valence-electron chi connectivity index (χ1n) is 4.24. The van der Waals surface area contributed by atoms with Gasteiger partial charge in [0.1, 0.15) is 0 Å². The Bertz CT molecular complexity index is 655. The van der Waals surface area contributed by atoms with Gasteiger partial charge in [-0.05, 0) is 0 Å². The van der Waals surface area contributed by atoms with Gasteiger partial charge in [0.05, 0.1) is 0 Å². The Morgan fingerprint density at radius 1 is 1.33 bits per heavy atom. The zero-order valence-electron chi connectivity index (χ0n) is 7.45. The van der Waals surface area contributed by atoms with Crippen molar-refractivity contribution in [2.24, 2.45) is 0 Å². The summed E-state index contributed by atoms with van der Waals surface area (Å²) in [6.07, 6.45) is 0. The Morgan fingerprint density at radius 3 is 2.93 bits per heavy atom. The number of rotatable bonds is 1. The molecule has 74 valence electrons. The third-order valence-electron chi connectivity index (χ3n) is 2.01. The van der Waals surface area contributed by atoms with Gasteiger partial charge in [0.25, 0.3) is 0 Å². The van der Waals surface area contributed by atoms with Gasteiger partial charge in [0.15, 0.2) is 0 Å². The number of benzene rings is 1. The van der Waals surface area contributed by atoms with Gasteiger partial charge in [-0.15, -0.1) is 0 Å². The molecule has 0 fully saturated rings. The van der Waals surface area contributed by atoms with E-state index in [-0.39, 0.29) is 20.3 Å². The number of fused-ring (bicyclic) bond motifs is 1. The van der Waals surface area contributed by atoms with Crippen LogP contribution in [-0.4, -0.2) is 28.5 Å². The maximum absolute atomic E-state index is 12.0. The van der Waals surface area contributed by atoms with Gasteiger partial charge in [-0.25, -0.2) is 0 Å². The third kappa shape index (κ3) is 1.38. The van der Waals surface area contributed by atoms with E-state index in [0.29, 0.717) is 5.13 Å². The van der Waals surface area contributed by atoms with Crippen LogP contribution in [0.15, 0.2) is 34.6 Å². The zero-order valence-corrected chi connectivity index (χ0v) is 9.98. The summed E-state index contributed by atoms with van der Waals surface area (Å²) in [5.74, 6) is 0. The Hall–Kier alpha value is -1.23. The van der Waals surface area contributed by atoms with E-state index < -0.39 is 0 Å². The van der Waals surface area contributed by atoms with E-state index in [4.69, 9.17) is 0 Å². The third-order valence-corrected chi connectivity index (χ3v) is 5.20. The molecule has 0 radical (unpaired) electrons. The second-order valence-corrected chi connectivity index (χ2v) is 5.79. The van der Waals surface area contributed by atoms with Crippen molar-refractivity contribution in [3.63, 3.8) is 0 Å². The normalized spacial score (nSPS) is 10.9. The molecule has 2 aromatic heterocycles. The topological polar surface area (TPSA) is 47.8 Å². The average Bonchev–Trinajstić information content (AvgIpc) is 2.87. The molecule has 0 bridgehead atoms. The maximum atomic E-state index is 12.0.